The van der Waals surface area contributed by atoms with Gasteiger partial charge in [-0.3, -0.25) is 0 Å². The average molecular weight is 308 g/mol. The minimum Gasteiger partial charge on any atom is -0.486 e. The fourth-order valence-electron chi connectivity index (χ4n) is 2.35. The number of hydrogen-bond donors (Lipinski definition) is 1. The molecule has 21 heavy (non-hydrogen) atoms. The third-order valence-electron chi connectivity index (χ3n) is 3.43. The van der Waals surface area contributed by atoms with Gasteiger partial charge in [-0.05, 0) is 35.7 Å². The molecule has 0 radical (unpaired) electrons. The van der Waals surface area contributed by atoms with Crippen molar-refractivity contribution in [2.24, 2.45) is 5.73 Å². The lowest BCUT2D eigenvalue weighted by Crippen LogP contribution is -2.18. The van der Waals surface area contributed by atoms with Crippen LogP contribution in [-0.2, 0) is 6.42 Å². The Kier molecular flexibility index (Phi) is 3.99. The van der Waals surface area contributed by atoms with Gasteiger partial charge in [-0.2, -0.15) is 0 Å². The third kappa shape index (κ3) is 3.12. The van der Waals surface area contributed by atoms with E-state index in [1.54, 1.807) is 18.2 Å². The van der Waals surface area contributed by atoms with Crippen LogP contribution in [0.3, 0.4) is 0 Å². The molecule has 1 aliphatic heterocycles. The molecule has 5 heteroatoms. The van der Waals surface area contributed by atoms with Crippen LogP contribution in [0.2, 0.25) is 5.02 Å². The Bertz CT molecular complexity index is 645. The molecule has 0 amide bonds. The van der Waals surface area contributed by atoms with Crippen LogP contribution in [0, 0.1) is 5.82 Å². The van der Waals surface area contributed by atoms with Crippen LogP contribution in [0.4, 0.5) is 4.39 Å². The predicted octanol–water partition coefficient (Wildman–Crippen LogP) is 3.49. The van der Waals surface area contributed by atoms with Crippen molar-refractivity contribution in [3.05, 3.63) is 58.4 Å². The zero-order chi connectivity index (χ0) is 14.8. The Morgan fingerprint density at radius 2 is 1.71 bits per heavy atom. The Balaban J connectivity index is 1.83. The van der Waals surface area contributed by atoms with Crippen molar-refractivity contribution in [3.63, 3.8) is 0 Å². The first-order valence-electron chi connectivity index (χ1n) is 6.72. The zero-order valence-corrected chi connectivity index (χ0v) is 12.1. The molecule has 3 nitrogen and oxygen atoms in total. The molecule has 0 saturated carbocycles. The Morgan fingerprint density at radius 3 is 2.38 bits per heavy atom. The molecular formula is C16H15ClFNO2. The molecule has 2 N–H and O–H groups in total. The number of fused-ring (bicyclic) bond motifs is 1. The minimum atomic E-state index is -0.293. The molecule has 2 aromatic rings. The summed E-state index contributed by atoms with van der Waals surface area (Å²) in [5.41, 5.74) is 7.97. The molecule has 1 unspecified atom stereocenters. The zero-order valence-electron chi connectivity index (χ0n) is 11.3. The highest BCUT2D eigenvalue weighted by atomic mass is 35.5. The maximum atomic E-state index is 12.9. The smallest absolute Gasteiger partial charge is 0.162 e. The molecule has 0 saturated heterocycles. The standard InChI is InChI=1S/C16H15ClFNO2/c17-13-9-16-15(20-5-6-21-16)8-12(13)14(19)7-10-1-3-11(18)4-2-10/h1-4,8-9,14H,5-7,19H2. The van der Waals surface area contributed by atoms with E-state index in [0.717, 1.165) is 11.1 Å². The van der Waals surface area contributed by atoms with Crippen molar-refractivity contribution in [1.29, 1.82) is 0 Å². The summed E-state index contributed by atoms with van der Waals surface area (Å²) in [4.78, 5) is 0. The lowest BCUT2D eigenvalue weighted by atomic mass is 9.99. The Hall–Kier alpha value is -1.78. The lowest BCUT2D eigenvalue weighted by molar-refractivity contribution is 0.171. The van der Waals surface area contributed by atoms with E-state index in [0.29, 0.717) is 36.2 Å². The number of benzene rings is 2. The minimum absolute atomic E-state index is 0.260. The Labute approximate surface area is 127 Å². The maximum absolute atomic E-state index is 12.9. The summed E-state index contributed by atoms with van der Waals surface area (Å²) in [6.07, 6.45) is 0.569. The molecule has 0 spiro atoms. The molecule has 3 rings (SSSR count). The van der Waals surface area contributed by atoms with E-state index < -0.39 is 0 Å². The van der Waals surface area contributed by atoms with Crippen LogP contribution in [0.5, 0.6) is 11.5 Å². The van der Waals surface area contributed by atoms with E-state index in [9.17, 15) is 4.39 Å². The highest BCUT2D eigenvalue weighted by Gasteiger charge is 2.18. The fourth-order valence-corrected chi connectivity index (χ4v) is 2.64. The van der Waals surface area contributed by atoms with Crippen LogP contribution < -0.4 is 15.2 Å². The van der Waals surface area contributed by atoms with Crippen LogP contribution in [0.25, 0.3) is 0 Å². The summed E-state index contributed by atoms with van der Waals surface area (Å²) >= 11 is 6.27. The third-order valence-corrected chi connectivity index (χ3v) is 3.76. The second-order valence-electron chi connectivity index (χ2n) is 4.95. The highest BCUT2D eigenvalue weighted by molar-refractivity contribution is 6.31. The average Bonchev–Trinajstić information content (AvgIpc) is 2.49. The number of hydrogen-bond acceptors (Lipinski definition) is 3. The first kappa shape index (κ1) is 14.2. The van der Waals surface area contributed by atoms with Gasteiger partial charge in [-0.15, -0.1) is 0 Å². The van der Waals surface area contributed by atoms with Gasteiger partial charge in [0, 0.05) is 17.1 Å². The molecule has 0 aliphatic carbocycles. The van der Waals surface area contributed by atoms with Crippen molar-refractivity contribution < 1.29 is 13.9 Å². The lowest BCUT2D eigenvalue weighted by Gasteiger charge is -2.22. The van der Waals surface area contributed by atoms with E-state index in [1.165, 1.54) is 12.1 Å². The summed E-state index contributed by atoms with van der Waals surface area (Å²) in [7, 11) is 0. The van der Waals surface area contributed by atoms with Crippen LogP contribution in [-0.4, -0.2) is 13.2 Å². The first-order chi connectivity index (χ1) is 10.1. The second kappa shape index (κ2) is 5.92. The number of nitrogens with two attached hydrogens (primary N) is 1. The van der Waals surface area contributed by atoms with Gasteiger partial charge in [0.2, 0.25) is 0 Å². The Morgan fingerprint density at radius 1 is 1.10 bits per heavy atom. The molecule has 0 fully saturated rings. The largest absolute Gasteiger partial charge is 0.486 e. The summed E-state index contributed by atoms with van der Waals surface area (Å²) in [6, 6.07) is 9.56. The van der Waals surface area contributed by atoms with E-state index in [2.05, 4.69) is 0 Å². The monoisotopic (exact) mass is 307 g/mol. The molecule has 0 aromatic heterocycles. The van der Waals surface area contributed by atoms with Gasteiger partial charge in [-0.1, -0.05) is 23.7 Å². The summed E-state index contributed by atoms with van der Waals surface area (Å²) in [5, 5.41) is 0.550. The second-order valence-corrected chi connectivity index (χ2v) is 5.36. The van der Waals surface area contributed by atoms with Gasteiger partial charge >= 0.3 is 0 Å². The van der Waals surface area contributed by atoms with Crippen molar-refractivity contribution >= 4 is 11.6 Å². The summed E-state index contributed by atoms with van der Waals surface area (Å²) in [6.45, 7) is 1.03. The van der Waals surface area contributed by atoms with Gasteiger partial charge in [0.05, 0.1) is 0 Å². The van der Waals surface area contributed by atoms with Crippen molar-refractivity contribution in [2.75, 3.05) is 13.2 Å². The van der Waals surface area contributed by atoms with Gasteiger partial charge in [0.1, 0.15) is 19.0 Å². The SMILES string of the molecule is NC(Cc1ccc(F)cc1)c1cc2c(cc1Cl)OCCO2. The normalized spacial score (nSPS) is 14.8. The van der Waals surface area contributed by atoms with Gasteiger partial charge in [0.25, 0.3) is 0 Å². The van der Waals surface area contributed by atoms with E-state index in [-0.39, 0.29) is 11.9 Å². The van der Waals surface area contributed by atoms with Crippen LogP contribution in [0.15, 0.2) is 36.4 Å². The molecule has 1 heterocycles. The van der Waals surface area contributed by atoms with Gasteiger partial charge < -0.3 is 15.2 Å². The summed E-state index contributed by atoms with van der Waals surface area (Å²) in [5.74, 6) is 1.05. The fraction of sp³-hybridized carbons (Fsp3) is 0.250. The molecule has 0 bridgehead atoms. The molecule has 1 atom stereocenters. The number of ether oxygens (including phenoxy) is 2. The molecule has 2 aromatic carbocycles. The van der Waals surface area contributed by atoms with Crippen LogP contribution in [0.1, 0.15) is 17.2 Å². The highest BCUT2D eigenvalue weighted by Crippen LogP contribution is 2.37. The van der Waals surface area contributed by atoms with Gasteiger partial charge in [0.15, 0.2) is 11.5 Å². The van der Waals surface area contributed by atoms with E-state index >= 15 is 0 Å². The first-order valence-corrected chi connectivity index (χ1v) is 7.10. The van der Waals surface area contributed by atoms with E-state index in [4.69, 9.17) is 26.8 Å². The van der Waals surface area contributed by atoms with Crippen molar-refractivity contribution in [1.82, 2.24) is 0 Å². The number of rotatable bonds is 3. The van der Waals surface area contributed by atoms with Crippen molar-refractivity contribution in [2.45, 2.75) is 12.5 Å². The maximum Gasteiger partial charge on any atom is 0.162 e. The molecule has 1 aliphatic rings. The van der Waals surface area contributed by atoms with Gasteiger partial charge in [-0.25, -0.2) is 4.39 Å². The molecule has 110 valence electrons. The van der Waals surface area contributed by atoms with Crippen molar-refractivity contribution in [3.8, 4) is 11.5 Å². The quantitative estimate of drug-likeness (QED) is 0.944. The predicted molar refractivity (Wildman–Crippen MR) is 79.5 cm³/mol. The topological polar surface area (TPSA) is 44.5 Å². The number of halogens is 2. The summed E-state index contributed by atoms with van der Waals surface area (Å²) < 4.78 is 23.9. The van der Waals surface area contributed by atoms with E-state index in [1.807, 2.05) is 6.07 Å². The molecular weight excluding hydrogens is 293 g/mol. The van der Waals surface area contributed by atoms with Crippen LogP contribution >= 0.6 is 11.6 Å².